The Balaban J connectivity index is 1.97. The molecule has 0 saturated heterocycles. The molecule has 0 fully saturated rings. The smallest absolute Gasteiger partial charge is 0.303 e. The molecule has 2 aromatic rings. The van der Waals surface area contributed by atoms with Gasteiger partial charge in [-0.25, -0.2) is 8.78 Å². The van der Waals surface area contributed by atoms with Gasteiger partial charge in [-0.05, 0) is 41.7 Å². The Morgan fingerprint density at radius 2 is 1.92 bits per heavy atom. The second kappa shape index (κ2) is 8.37. The summed E-state index contributed by atoms with van der Waals surface area (Å²) in [4.78, 5) is 22.8. The first kappa shape index (κ1) is 18.6. The number of carbonyl (C=O) groups is 2. The first-order chi connectivity index (χ1) is 11.8. The lowest BCUT2D eigenvalue weighted by molar-refractivity contribution is -0.137. The van der Waals surface area contributed by atoms with Crippen LogP contribution in [0.15, 0.2) is 42.5 Å². The lowest BCUT2D eigenvalue weighted by Gasteiger charge is -2.13. The van der Waals surface area contributed by atoms with Crippen LogP contribution >= 0.6 is 0 Å². The highest BCUT2D eigenvalue weighted by atomic mass is 19.1. The summed E-state index contributed by atoms with van der Waals surface area (Å²) in [6, 6.07) is 10.2. The van der Waals surface area contributed by atoms with Gasteiger partial charge in [-0.3, -0.25) is 9.59 Å². The Morgan fingerprint density at radius 3 is 2.60 bits per heavy atom. The van der Waals surface area contributed by atoms with Crippen LogP contribution in [-0.4, -0.2) is 17.0 Å². The monoisotopic (exact) mass is 347 g/mol. The molecule has 25 heavy (non-hydrogen) atoms. The second-order valence-electron chi connectivity index (χ2n) is 5.91. The number of amides is 1. The lowest BCUT2D eigenvalue weighted by atomic mass is 9.96. The van der Waals surface area contributed by atoms with Crippen molar-refractivity contribution in [2.24, 2.45) is 0 Å². The van der Waals surface area contributed by atoms with Crippen molar-refractivity contribution in [3.8, 4) is 0 Å². The van der Waals surface area contributed by atoms with Gasteiger partial charge in [0.25, 0.3) is 0 Å². The predicted molar refractivity (Wildman–Crippen MR) is 90.4 cm³/mol. The van der Waals surface area contributed by atoms with Gasteiger partial charge in [0, 0.05) is 24.6 Å². The average molecular weight is 347 g/mol. The zero-order valence-corrected chi connectivity index (χ0v) is 13.8. The third-order valence-corrected chi connectivity index (χ3v) is 3.82. The van der Waals surface area contributed by atoms with Crippen LogP contribution < -0.4 is 5.32 Å². The quantitative estimate of drug-likeness (QED) is 0.792. The molecule has 6 heteroatoms. The number of nitrogens with one attached hydrogen (secondary N) is 1. The topological polar surface area (TPSA) is 66.4 Å². The largest absolute Gasteiger partial charge is 0.481 e. The first-order valence-corrected chi connectivity index (χ1v) is 7.90. The third-order valence-electron chi connectivity index (χ3n) is 3.82. The molecule has 132 valence electrons. The molecule has 0 bridgehead atoms. The standard InChI is InChI=1S/C19H19F2NO3/c1-12(16-7-6-14(20)11-17(16)21)9-18(23)22-15-4-2-3-13(10-15)5-8-19(24)25/h2-4,6-7,10-12H,5,8-9H2,1H3,(H,22,23)(H,24,25). The van der Waals surface area contributed by atoms with Crippen LogP contribution in [0.1, 0.15) is 36.8 Å². The number of aryl methyl sites for hydroxylation is 1. The van der Waals surface area contributed by atoms with Crippen molar-refractivity contribution in [1.29, 1.82) is 0 Å². The summed E-state index contributed by atoms with van der Waals surface area (Å²) in [6.07, 6.45) is 0.427. The van der Waals surface area contributed by atoms with E-state index in [1.807, 2.05) is 0 Å². The highest BCUT2D eigenvalue weighted by Gasteiger charge is 2.16. The minimum absolute atomic E-state index is 0.0122. The van der Waals surface area contributed by atoms with Gasteiger partial charge in [0.15, 0.2) is 0 Å². The molecular formula is C19H19F2NO3. The Labute approximate surface area is 144 Å². The zero-order chi connectivity index (χ0) is 18.4. The molecule has 0 aliphatic rings. The maximum Gasteiger partial charge on any atom is 0.303 e. The minimum Gasteiger partial charge on any atom is -0.481 e. The van der Waals surface area contributed by atoms with Crippen LogP contribution in [-0.2, 0) is 16.0 Å². The van der Waals surface area contributed by atoms with Crippen molar-refractivity contribution in [2.75, 3.05) is 5.32 Å². The van der Waals surface area contributed by atoms with Crippen molar-refractivity contribution in [3.05, 3.63) is 65.2 Å². The Morgan fingerprint density at radius 1 is 1.16 bits per heavy atom. The summed E-state index contributed by atoms with van der Waals surface area (Å²) >= 11 is 0. The summed E-state index contributed by atoms with van der Waals surface area (Å²) in [5.74, 6) is -2.92. The number of hydrogen-bond donors (Lipinski definition) is 2. The van der Waals surface area contributed by atoms with E-state index in [4.69, 9.17) is 5.11 Å². The van der Waals surface area contributed by atoms with E-state index >= 15 is 0 Å². The summed E-state index contributed by atoms with van der Waals surface area (Å²) in [5.41, 5.74) is 1.64. The van der Waals surface area contributed by atoms with Gasteiger partial charge in [-0.1, -0.05) is 25.1 Å². The number of rotatable bonds is 7. The van der Waals surface area contributed by atoms with Gasteiger partial charge in [-0.2, -0.15) is 0 Å². The normalized spacial score (nSPS) is 11.8. The fraction of sp³-hybridized carbons (Fsp3) is 0.263. The molecule has 0 heterocycles. The summed E-state index contributed by atoms with van der Waals surface area (Å²) in [6.45, 7) is 1.69. The highest BCUT2D eigenvalue weighted by molar-refractivity contribution is 5.91. The van der Waals surface area contributed by atoms with Crippen molar-refractivity contribution < 1.29 is 23.5 Å². The average Bonchev–Trinajstić information content (AvgIpc) is 2.53. The molecule has 0 aromatic heterocycles. The molecule has 0 spiro atoms. The van der Waals surface area contributed by atoms with E-state index in [0.29, 0.717) is 12.1 Å². The van der Waals surface area contributed by atoms with Gasteiger partial charge < -0.3 is 10.4 Å². The number of aliphatic carboxylic acids is 1. The van der Waals surface area contributed by atoms with Gasteiger partial charge in [-0.15, -0.1) is 0 Å². The minimum atomic E-state index is -0.885. The van der Waals surface area contributed by atoms with Crippen LogP contribution in [0.25, 0.3) is 0 Å². The number of halogens is 2. The van der Waals surface area contributed by atoms with Crippen LogP contribution in [0, 0.1) is 11.6 Å². The van der Waals surface area contributed by atoms with Crippen molar-refractivity contribution in [1.82, 2.24) is 0 Å². The number of benzene rings is 2. The summed E-state index contributed by atoms with van der Waals surface area (Å²) in [7, 11) is 0. The van der Waals surface area contributed by atoms with Crippen LogP contribution in [0.2, 0.25) is 0 Å². The molecule has 4 nitrogen and oxygen atoms in total. The fourth-order valence-corrected chi connectivity index (χ4v) is 2.56. The summed E-state index contributed by atoms with van der Waals surface area (Å²) < 4.78 is 26.7. The molecule has 0 aliphatic heterocycles. The molecule has 0 saturated carbocycles. The molecule has 0 aliphatic carbocycles. The molecule has 2 rings (SSSR count). The second-order valence-corrected chi connectivity index (χ2v) is 5.91. The molecule has 2 aromatic carbocycles. The third kappa shape index (κ3) is 5.67. The van der Waals surface area contributed by atoms with E-state index in [-0.39, 0.29) is 24.3 Å². The van der Waals surface area contributed by atoms with Gasteiger partial charge in [0.05, 0.1) is 0 Å². The molecule has 2 N–H and O–H groups in total. The lowest BCUT2D eigenvalue weighted by Crippen LogP contribution is -2.15. The Hall–Kier alpha value is -2.76. The van der Waals surface area contributed by atoms with E-state index in [1.54, 1.807) is 31.2 Å². The number of hydrogen-bond acceptors (Lipinski definition) is 2. The molecule has 1 unspecified atom stereocenters. The predicted octanol–water partition coefficient (Wildman–Crippen LogP) is 4.11. The molecule has 1 atom stereocenters. The van der Waals surface area contributed by atoms with E-state index in [9.17, 15) is 18.4 Å². The van der Waals surface area contributed by atoms with Crippen molar-refractivity contribution >= 4 is 17.6 Å². The SMILES string of the molecule is CC(CC(=O)Nc1cccc(CCC(=O)O)c1)c1ccc(F)cc1F. The van der Waals surface area contributed by atoms with Crippen LogP contribution in [0.3, 0.4) is 0 Å². The maximum atomic E-state index is 13.8. The first-order valence-electron chi connectivity index (χ1n) is 7.90. The van der Waals surface area contributed by atoms with Crippen molar-refractivity contribution in [3.63, 3.8) is 0 Å². The molecular weight excluding hydrogens is 328 g/mol. The van der Waals surface area contributed by atoms with E-state index in [0.717, 1.165) is 11.6 Å². The fourth-order valence-electron chi connectivity index (χ4n) is 2.56. The number of carboxylic acid groups (broad SMARTS) is 1. The zero-order valence-electron chi connectivity index (χ0n) is 13.8. The van der Waals surface area contributed by atoms with Crippen LogP contribution in [0.4, 0.5) is 14.5 Å². The van der Waals surface area contributed by atoms with Gasteiger partial charge in [0.1, 0.15) is 11.6 Å². The van der Waals surface area contributed by atoms with E-state index in [2.05, 4.69) is 5.32 Å². The van der Waals surface area contributed by atoms with E-state index in [1.165, 1.54) is 12.1 Å². The van der Waals surface area contributed by atoms with Gasteiger partial charge in [0.2, 0.25) is 5.91 Å². The molecule has 0 radical (unpaired) electrons. The Bertz CT molecular complexity index is 777. The van der Waals surface area contributed by atoms with Crippen LogP contribution in [0.5, 0.6) is 0 Å². The van der Waals surface area contributed by atoms with E-state index < -0.39 is 23.5 Å². The van der Waals surface area contributed by atoms with Crippen molar-refractivity contribution in [2.45, 2.75) is 32.1 Å². The number of carbonyl (C=O) groups excluding carboxylic acids is 1. The highest BCUT2D eigenvalue weighted by Crippen LogP contribution is 2.23. The summed E-state index contributed by atoms with van der Waals surface area (Å²) in [5, 5.41) is 11.4. The van der Waals surface area contributed by atoms with Gasteiger partial charge >= 0.3 is 5.97 Å². The number of anilines is 1. The number of carboxylic acids is 1. The molecule has 1 amide bonds. The Kier molecular flexibility index (Phi) is 6.22. The maximum absolute atomic E-state index is 13.8.